The zero-order chi connectivity index (χ0) is 28.5. The van der Waals surface area contributed by atoms with Crippen molar-refractivity contribution in [1.82, 2.24) is 0 Å². The Balaban J connectivity index is 1.91. The van der Waals surface area contributed by atoms with Crippen molar-refractivity contribution in [3.8, 4) is 5.95 Å². The number of hydrogen-bond acceptors (Lipinski definition) is 12. The third-order valence-electron chi connectivity index (χ3n) is 5.39. The van der Waals surface area contributed by atoms with Crippen molar-refractivity contribution in [3.63, 3.8) is 0 Å². The molecule has 0 radical (unpaired) electrons. The van der Waals surface area contributed by atoms with Gasteiger partial charge in [0.15, 0.2) is 17.6 Å². The van der Waals surface area contributed by atoms with Crippen LogP contribution in [0.3, 0.4) is 0 Å². The maximum atomic E-state index is 12.4. The SMILES string of the molecule is CC(=O)O[C@@H]1[C@@H](OC(C)=O)[C@H](Oc2occc(=O)c2C)O[C@H](COC(=O)/C=C/c2ccccc2)[C@H]1OC(C)=O. The van der Waals surface area contributed by atoms with E-state index in [0.29, 0.717) is 0 Å². The van der Waals surface area contributed by atoms with Gasteiger partial charge in [-0.3, -0.25) is 19.2 Å². The van der Waals surface area contributed by atoms with E-state index in [9.17, 15) is 24.0 Å². The van der Waals surface area contributed by atoms with E-state index in [1.165, 1.54) is 25.1 Å². The summed E-state index contributed by atoms with van der Waals surface area (Å²) in [5.41, 5.74) is 0.442. The monoisotopic (exact) mass is 544 g/mol. The summed E-state index contributed by atoms with van der Waals surface area (Å²) in [5.74, 6) is -3.35. The Morgan fingerprint density at radius 1 is 0.872 bits per heavy atom. The molecule has 5 atom stereocenters. The van der Waals surface area contributed by atoms with Crippen LogP contribution in [0, 0.1) is 6.92 Å². The van der Waals surface area contributed by atoms with Crippen molar-refractivity contribution in [2.45, 2.75) is 58.4 Å². The Morgan fingerprint density at radius 3 is 2.13 bits per heavy atom. The third-order valence-corrected chi connectivity index (χ3v) is 5.39. The quantitative estimate of drug-likeness (QED) is 0.258. The summed E-state index contributed by atoms with van der Waals surface area (Å²) in [6.07, 6.45) is -3.22. The molecular formula is C27H28O12. The summed E-state index contributed by atoms with van der Waals surface area (Å²) < 4.78 is 38.3. The predicted octanol–water partition coefficient (Wildman–Crippen LogP) is 2.10. The van der Waals surface area contributed by atoms with E-state index < -0.39 is 66.6 Å². The number of rotatable bonds is 9. The van der Waals surface area contributed by atoms with E-state index in [-0.39, 0.29) is 11.5 Å². The topological polar surface area (TPSA) is 154 Å². The highest BCUT2D eigenvalue weighted by molar-refractivity contribution is 5.87. The first-order valence-corrected chi connectivity index (χ1v) is 11.9. The molecule has 12 nitrogen and oxygen atoms in total. The second kappa shape index (κ2) is 13.4. The number of esters is 4. The molecule has 2 aromatic rings. The minimum absolute atomic E-state index is 0.0860. The standard InChI is InChI=1S/C27H28O12/c1-15-20(31)12-13-33-26(15)39-27-25(37-18(4)30)24(36-17(3)29)23(35-16(2)28)21(38-27)14-34-22(32)11-10-19-8-6-5-7-9-19/h5-13,21,23-25,27H,14H2,1-4H3/b11-10+/t21-,23-,24+,25-,27+/m1/s1. The average molecular weight is 545 g/mol. The van der Waals surface area contributed by atoms with Gasteiger partial charge >= 0.3 is 23.9 Å². The zero-order valence-electron chi connectivity index (χ0n) is 21.7. The molecule has 2 heterocycles. The Morgan fingerprint density at radius 2 is 1.49 bits per heavy atom. The Bertz CT molecular complexity index is 1270. The van der Waals surface area contributed by atoms with Crippen molar-refractivity contribution in [1.29, 1.82) is 0 Å². The van der Waals surface area contributed by atoms with E-state index in [2.05, 4.69) is 0 Å². The van der Waals surface area contributed by atoms with Crippen LogP contribution in [-0.2, 0) is 42.9 Å². The molecule has 1 saturated heterocycles. The van der Waals surface area contributed by atoms with E-state index >= 15 is 0 Å². The van der Waals surface area contributed by atoms with Gasteiger partial charge in [0.2, 0.25) is 12.4 Å². The van der Waals surface area contributed by atoms with E-state index in [1.54, 1.807) is 24.3 Å². The fourth-order valence-electron chi connectivity index (χ4n) is 3.72. The second-order valence-electron chi connectivity index (χ2n) is 8.45. The number of carbonyl (C=O) groups excluding carboxylic acids is 4. The molecule has 0 aliphatic carbocycles. The first kappa shape index (κ1) is 29.1. The normalized spacial score (nSPS) is 22.5. The summed E-state index contributed by atoms with van der Waals surface area (Å²) >= 11 is 0. The van der Waals surface area contributed by atoms with Crippen LogP contribution in [0.25, 0.3) is 6.08 Å². The summed E-state index contributed by atoms with van der Waals surface area (Å²) in [5, 5.41) is 0. The van der Waals surface area contributed by atoms with Crippen LogP contribution >= 0.6 is 0 Å². The zero-order valence-corrected chi connectivity index (χ0v) is 21.7. The molecule has 1 aliphatic heterocycles. The van der Waals surface area contributed by atoms with Crippen LogP contribution in [0.4, 0.5) is 0 Å². The van der Waals surface area contributed by atoms with Crippen molar-refractivity contribution in [3.05, 3.63) is 70.1 Å². The molecule has 0 amide bonds. The molecule has 1 aromatic heterocycles. The maximum Gasteiger partial charge on any atom is 0.330 e. The largest absolute Gasteiger partial charge is 0.460 e. The molecule has 1 fully saturated rings. The van der Waals surface area contributed by atoms with E-state index in [0.717, 1.165) is 32.6 Å². The van der Waals surface area contributed by atoms with Crippen LogP contribution < -0.4 is 10.2 Å². The van der Waals surface area contributed by atoms with E-state index in [1.807, 2.05) is 6.07 Å². The first-order valence-electron chi connectivity index (χ1n) is 11.9. The highest BCUT2D eigenvalue weighted by Gasteiger charge is 2.53. The minimum Gasteiger partial charge on any atom is -0.460 e. The van der Waals surface area contributed by atoms with Gasteiger partial charge in [0.1, 0.15) is 12.7 Å². The van der Waals surface area contributed by atoms with Crippen LogP contribution in [0.1, 0.15) is 31.9 Å². The number of ether oxygens (including phenoxy) is 6. The fourth-order valence-corrected chi connectivity index (χ4v) is 3.72. The van der Waals surface area contributed by atoms with Gasteiger partial charge in [-0.15, -0.1) is 0 Å². The number of hydrogen-bond donors (Lipinski definition) is 0. The lowest BCUT2D eigenvalue weighted by atomic mass is 9.98. The first-order chi connectivity index (χ1) is 18.5. The molecule has 0 saturated carbocycles. The lowest BCUT2D eigenvalue weighted by Gasteiger charge is -2.43. The second-order valence-corrected chi connectivity index (χ2v) is 8.45. The van der Waals surface area contributed by atoms with Gasteiger partial charge in [-0.1, -0.05) is 30.3 Å². The minimum atomic E-state index is -1.53. The molecule has 1 aliphatic rings. The van der Waals surface area contributed by atoms with Crippen LogP contribution in [-0.4, -0.2) is 61.2 Å². The number of carbonyl (C=O) groups is 4. The summed E-state index contributed by atoms with van der Waals surface area (Å²) in [7, 11) is 0. The lowest BCUT2D eigenvalue weighted by molar-refractivity contribution is -0.290. The van der Waals surface area contributed by atoms with Gasteiger partial charge in [0, 0.05) is 32.9 Å². The Kier molecular flexibility index (Phi) is 9.98. The van der Waals surface area contributed by atoms with Crippen molar-refractivity contribution in [2.75, 3.05) is 6.61 Å². The molecule has 12 heteroatoms. The van der Waals surface area contributed by atoms with Crippen LogP contribution in [0.2, 0.25) is 0 Å². The summed E-state index contributed by atoms with van der Waals surface area (Å²) in [6, 6.07) is 10.2. The predicted molar refractivity (Wildman–Crippen MR) is 132 cm³/mol. The van der Waals surface area contributed by atoms with Crippen molar-refractivity contribution < 1.29 is 52.0 Å². The Hall–Kier alpha value is -4.45. The van der Waals surface area contributed by atoms with Crippen LogP contribution in [0.15, 0.2) is 57.9 Å². The number of benzene rings is 1. The lowest BCUT2D eigenvalue weighted by Crippen LogP contribution is -2.63. The van der Waals surface area contributed by atoms with Gasteiger partial charge in [-0.05, 0) is 18.6 Å². The highest BCUT2D eigenvalue weighted by atomic mass is 16.8. The van der Waals surface area contributed by atoms with E-state index in [4.69, 9.17) is 32.8 Å². The van der Waals surface area contributed by atoms with Crippen molar-refractivity contribution >= 4 is 30.0 Å². The molecular weight excluding hydrogens is 516 g/mol. The molecule has 208 valence electrons. The van der Waals surface area contributed by atoms with Gasteiger partial charge in [0.05, 0.1) is 11.8 Å². The van der Waals surface area contributed by atoms with Crippen molar-refractivity contribution in [2.24, 2.45) is 0 Å². The van der Waals surface area contributed by atoms with Gasteiger partial charge < -0.3 is 32.8 Å². The third kappa shape index (κ3) is 8.27. The molecule has 0 bridgehead atoms. The van der Waals surface area contributed by atoms with Gasteiger partial charge in [0.25, 0.3) is 5.95 Å². The molecule has 39 heavy (non-hydrogen) atoms. The van der Waals surface area contributed by atoms with Gasteiger partial charge in [-0.2, -0.15) is 0 Å². The smallest absolute Gasteiger partial charge is 0.330 e. The molecule has 0 spiro atoms. The highest BCUT2D eigenvalue weighted by Crippen LogP contribution is 2.31. The van der Waals surface area contributed by atoms with Crippen LogP contribution in [0.5, 0.6) is 5.95 Å². The summed E-state index contributed by atoms with van der Waals surface area (Å²) in [6.45, 7) is 4.28. The molecule has 1 aromatic carbocycles. The maximum absolute atomic E-state index is 12.4. The summed E-state index contributed by atoms with van der Waals surface area (Å²) in [4.78, 5) is 60.4. The molecule has 3 rings (SSSR count). The average Bonchev–Trinajstić information content (AvgIpc) is 2.87. The Labute approximate surface area is 223 Å². The fraction of sp³-hybridized carbons (Fsp3) is 0.370. The molecule has 0 unspecified atom stereocenters. The van der Waals surface area contributed by atoms with Gasteiger partial charge in [-0.25, -0.2) is 4.79 Å². The molecule has 0 N–H and O–H groups in total.